The second-order valence-electron chi connectivity index (χ2n) is 4.47. The molecule has 0 amide bonds. The second kappa shape index (κ2) is 16.0. The van der Waals surface area contributed by atoms with Crippen LogP contribution in [0.4, 0.5) is 0 Å². The summed E-state index contributed by atoms with van der Waals surface area (Å²) in [6.07, 6.45) is 0. The molecule has 1 radical (unpaired) electrons. The summed E-state index contributed by atoms with van der Waals surface area (Å²) in [6.45, 7) is 10.0. The first kappa shape index (κ1) is 25.8. The van der Waals surface area contributed by atoms with Gasteiger partial charge in [0.1, 0.15) is 0 Å². The van der Waals surface area contributed by atoms with Crippen LogP contribution in [0.15, 0.2) is 91.0 Å². The van der Waals surface area contributed by atoms with E-state index in [9.17, 15) is 0 Å². The Morgan fingerprint density at radius 2 is 0.680 bits per heavy atom. The van der Waals surface area contributed by atoms with Crippen molar-refractivity contribution in [2.45, 2.75) is 13.8 Å². The molecular formula is C23H25ClTi-. The Labute approximate surface area is 175 Å². The summed E-state index contributed by atoms with van der Waals surface area (Å²) < 4.78 is 0. The first-order chi connectivity index (χ1) is 11.4. The van der Waals surface area contributed by atoms with Crippen LogP contribution >= 0.6 is 0 Å². The van der Waals surface area contributed by atoms with Crippen molar-refractivity contribution >= 4 is 0 Å². The van der Waals surface area contributed by atoms with Gasteiger partial charge in [-0.1, -0.05) is 114 Å². The maximum absolute atomic E-state index is 3.25. The van der Waals surface area contributed by atoms with E-state index in [1.165, 1.54) is 22.6 Å². The third-order valence-corrected chi connectivity index (χ3v) is 3.19. The standard InChI is InChI=1S/C19H15.2C2H5.ClH.Ti/c1-4-10-16(11-5-1)19(17-12-6-2-7-13-17)18-14-8-3-9-15-18;2*1-2;;/h1-15H;2*1H2,2H3;1H;/q3*-1;;+3/p-1. The molecule has 25 heavy (non-hydrogen) atoms. The maximum atomic E-state index is 3.25. The first-order valence-corrected chi connectivity index (χ1v) is 7.90. The number of rotatable bonds is 3. The molecule has 0 saturated heterocycles. The van der Waals surface area contributed by atoms with E-state index in [0.29, 0.717) is 0 Å². The summed E-state index contributed by atoms with van der Waals surface area (Å²) in [5.74, 6) is 1.28. The number of hydrogen-bond donors (Lipinski definition) is 0. The van der Waals surface area contributed by atoms with Crippen LogP contribution in [0.1, 0.15) is 30.5 Å². The van der Waals surface area contributed by atoms with E-state index < -0.39 is 0 Å². The van der Waals surface area contributed by atoms with E-state index in [1.54, 1.807) is 13.8 Å². The van der Waals surface area contributed by atoms with E-state index in [2.05, 4.69) is 105 Å². The second-order valence-corrected chi connectivity index (χ2v) is 4.47. The van der Waals surface area contributed by atoms with E-state index >= 15 is 0 Å². The summed E-state index contributed by atoms with van der Waals surface area (Å²) in [5, 5.41) is 0. The molecule has 0 aliphatic carbocycles. The molecule has 0 nitrogen and oxygen atoms in total. The van der Waals surface area contributed by atoms with Crippen LogP contribution in [0.3, 0.4) is 0 Å². The normalized spacial score (nSPS) is 8.16. The molecular weight excluding hydrogens is 360 g/mol. The van der Waals surface area contributed by atoms with Gasteiger partial charge in [0.15, 0.2) is 0 Å². The van der Waals surface area contributed by atoms with Crippen molar-refractivity contribution in [3.63, 3.8) is 0 Å². The molecule has 0 fully saturated rings. The van der Waals surface area contributed by atoms with Gasteiger partial charge in [-0.05, 0) is 0 Å². The average Bonchev–Trinajstić information content (AvgIpc) is 2.68. The fourth-order valence-corrected chi connectivity index (χ4v) is 2.31. The van der Waals surface area contributed by atoms with Gasteiger partial charge in [0, 0.05) is 0 Å². The number of hydrogen-bond acceptors (Lipinski definition) is 0. The molecule has 0 saturated carbocycles. The van der Waals surface area contributed by atoms with Crippen LogP contribution in [0.25, 0.3) is 0 Å². The molecule has 3 rings (SSSR count). The molecule has 2 heteroatoms. The SMILES string of the molecule is [CH2-]C.[CH2-]C.[Cl-].[Ti+3].c1ccc([C-](c2ccccc2)c2ccccc2)cc1. The minimum atomic E-state index is 0. The maximum Gasteiger partial charge on any atom is 3.00 e. The zero-order valence-electron chi connectivity index (χ0n) is 15.0. The van der Waals surface area contributed by atoms with Gasteiger partial charge in [-0.3, -0.25) is 0 Å². The zero-order chi connectivity index (χ0) is 16.9. The van der Waals surface area contributed by atoms with Crippen LogP contribution in [-0.2, 0) is 21.7 Å². The smallest absolute Gasteiger partial charge is 1.00 e. The molecule has 0 heterocycles. The minimum Gasteiger partial charge on any atom is -1.00 e. The van der Waals surface area contributed by atoms with Gasteiger partial charge < -0.3 is 26.3 Å². The van der Waals surface area contributed by atoms with Crippen molar-refractivity contribution in [3.05, 3.63) is 127 Å². The van der Waals surface area contributed by atoms with Crippen molar-refractivity contribution in [3.8, 4) is 0 Å². The van der Waals surface area contributed by atoms with Gasteiger partial charge in [-0.2, -0.15) is 13.8 Å². The summed E-state index contributed by atoms with van der Waals surface area (Å²) in [6, 6.07) is 31.6. The van der Waals surface area contributed by atoms with Crippen molar-refractivity contribution in [1.82, 2.24) is 0 Å². The minimum absolute atomic E-state index is 0. The van der Waals surface area contributed by atoms with Crippen molar-refractivity contribution in [1.29, 1.82) is 0 Å². The predicted octanol–water partition coefficient (Wildman–Crippen LogP) is 3.39. The number of benzene rings is 3. The fraction of sp³-hybridized carbons (Fsp3) is 0.0870. The predicted molar refractivity (Wildman–Crippen MR) is 102 cm³/mol. The molecule has 0 spiro atoms. The number of halogens is 1. The van der Waals surface area contributed by atoms with E-state index in [0.717, 1.165) is 0 Å². The Morgan fingerprint density at radius 3 is 0.880 bits per heavy atom. The molecule has 0 N–H and O–H groups in total. The van der Waals surface area contributed by atoms with E-state index in [1.807, 2.05) is 0 Å². The molecule has 0 aliphatic rings. The van der Waals surface area contributed by atoms with Crippen LogP contribution in [0.2, 0.25) is 0 Å². The van der Waals surface area contributed by atoms with Gasteiger partial charge in [-0.25, -0.2) is 0 Å². The van der Waals surface area contributed by atoms with Gasteiger partial charge in [0.2, 0.25) is 0 Å². The summed E-state index contributed by atoms with van der Waals surface area (Å²) in [5.41, 5.74) is 3.75. The van der Waals surface area contributed by atoms with Gasteiger partial charge in [0.25, 0.3) is 0 Å². The Bertz CT molecular complexity index is 530. The van der Waals surface area contributed by atoms with Crippen LogP contribution < -0.4 is 12.4 Å². The van der Waals surface area contributed by atoms with Gasteiger partial charge in [-0.15, -0.1) is 0 Å². The molecule has 129 valence electrons. The third-order valence-electron chi connectivity index (χ3n) is 3.19. The topological polar surface area (TPSA) is 0 Å². The van der Waals surface area contributed by atoms with Gasteiger partial charge >= 0.3 is 21.7 Å². The third kappa shape index (κ3) is 7.97. The molecule has 0 atom stereocenters. The molecule has 3 aromatic carbocycles. The summed E-state index contributed by atoms with van der Waals surface area (Å²) >= 11 is 0. The van der Waals surface area contributed by atoms with E-state index in [4.69, 9.17) is 0 Å². The molecule has 3 aromatic rings. The Morgan fingerprint density at radius 1 is 0.480 bits per heavy atom. The molecule has 0 unspecified atom stereocenters. The van der Waals surface area contributed by atoms with Crippen LogP contribution in [0, 0.1) is 19.8 Å². The van der Waals surface area contributed by atoms with Crippen LogP contribution in [0.5, 0.6) is 0 Å². The Kier molecular flexibility index (Phi) is 16.5. The molecule has 0 aromatic heterocycles. The quantitative estimate of drug-likeness (QED) is 0.369. The van der Waals surface area contributed by atoms with E-state index in [-0.39, 0.29) is 34.1 Å². The fourth-order valence-electron chi connectivity index (χ4n) is 2.31. The largest absolute Gasteiger partial charge is 3.00 e. The van der Waals surface area contributed by atoms with Crippen molar-refractivity contribution < 1.29 is 34.1 Å². The summed E-state index contributed by atoms with van der Waals surface area (Å²) in [4.78, 5) is 0. The monoisotopic (exact) mass is 384 g/mol. The van der Waals surface area contributed by atoms with Crippen molar-refractivity contribution in [2.24, 2.45) is 0 Å². The Balaban J connectivity index is 0. The Hall–Kier alpha value is -1.47. The zero-order valence-corrected chi connectivity index (χ0v) is 17.3. The van der Waals surface area contributed by atoms with Gasteiger partial charge in [0.05, 0.1) is 0 Å². The van der Waals surface area contributed by atoms with Crippen LogP contribution in [-0.4, -0.2) is 0 Å². The van der Waals surface area contributed by atoms with Crippen molar-refractivity contribution in [2.75, 3.05) is 0 Å². The summed E-state index contributed by atoms with van der Waals surface area (Å²) in [7, 11) is 0. The molecule has 0 aliphatic heterocycles. The first-order valence-electron chi connectivity index (χ1n) is 7.90. The average molecular weight is 385 g/mol. The molecule has 0 bridgehead atoms.